The molecular weight excluding hydrogens is 375 g/mol. The zero-order chi connectivity index (χ0) is 19.9. The van der Waals surface area contributed by atoms with Gasteiger partial charge in [-0.15, -0.1) is 11.8 Å². The predicted molar refractivity (Wildman–Crippen MR) is 113 cm³/mol. The standard InChI is InChI=1S/C22H33FN2O2S/c1-16(26)25-13-3-4-21(24-15-28-2)22(25)14-27-20-11-7-18(8-12-20)17-5-9-19(23)10-6-17/h5-6,9-10,18,20-22,24H,3-4,7-8,11-15H2,1-2H3/t18-,20+,21-,22-/m0/s1. The third kappa shape index (κ3) is 5.71. The van der Waals surface area contributed by atoms with Crippen molar-refractivity contribution in [2.75, 3.05) is 25.3 Å². The van der Waals surface area contributed by atoms with Gasteiger partial charge in [0.1, 0.15) is 5.82 Å². The lowest BCUT2D eigenvalue weighted by Gasteiger charge is -2.42. The van der Waals surface area contributed by atoms with E-state index < -0.39 is 0 Å². The van der Waals surface area contributed by atoms with Gasteiger partial charge in [-0.05, 0) is 68.4 Å². The Bertz CT molecular complexity index is 619. The summed E-state index contributed by atoms with van der Waals surface area (Å²) in [5, 5.41) is 3.59. The van der Waals surface area contributed by atoms with Crippen molar-refractivity contribution in [3.05, 3.63) is 35.6 Å². The van der Waals surface area contributed by atoms with Crippen LogP contribution in [0.15, 0.2) is 24.3 Å². The molecule has 1 aromatic rings. The molecule has 0 aromatic heterocycles. The zero-order valence-electron chi connectivity index (χ0n) is 17.0. The summed E-state index contributed by atoms with van der Waals surface area (Å²) in [5.41, 5.74) is 1.23. The van der Waals surface area contributed by atoms with E-state index in [0.717, 1.165) is 50.9 Å². The molecule has 156 valence electrons. The van der Waals surface area contributed by atoms with Crippen LogP contribution < -0.4 is 5.32 Å². The van der Waals surface area contributed by atoms with Gasteiger partial charge < -0.3 is 15.0 Å². The molecule has 1 aliphatic carbocycles. The van der Waals surface area contributed by atoms with Crippen LogP contribution in [0.3, 0.4) is 0 Å². The molecule has 2 aliphatic rings. The number of amides is 1. The number of rotatable bonds is 7. The first-order chi connectivity index (χ1) is 13.6. The van der Waals surface area contributed by atoms with Crippen LogP contribution in [-0.4, -0.2) is 54.3 Å². The fourth-order valence-electron chi connectivity index (χ4n) is 4.61. The topological polar surface area (TPSA) is 41.6 Å². The van der Waals surface area contributed by atoms with Crippen LogP contribution in [0.25, 0.3) is 0 Å². The van der Waals surface area contributed by atoms with Gasteiger partial charge in [-0.25, -0.2) is 4.39 Å². The third-order valence-electron chi connectivity index (χ3n) is 6.19. The average Bonchev–Trinajstić information content (AvgIpc) is 2.71. The minimum Gasteiger partial charge on any atom is -0.376 e. The lowest BCUT2D eigenvalue weighted by Crippen LogP contribution is -2.57. The number of hydrogen-bond acceptors (Lipinski definition) is 4. The van der Waals surface area contributed by atoms with Gasteiger partial charge in [0, 0.05) is 25.4 Å². The zero-order valence-corrected chi connectivity index (χ0v) is 17.8. The molecule has 1 saturated carbocycles. The van der Waals surface area contributed by atoms with Gasteiger partial charge in [0.05, 0.1) is 18.8 Å². The molecule has 0 spiro atoms. The molecule has 1 aromatic carbocycles. The highest BCUT2D eigenvalue weighted by Crippen LogP contribution is 2.34. The number of piperidine rings is 1. The molecule has 1 saturated heterocycles. The minimum atomic E-state index is -0.173. The van der Waals surface area contributed by atoms with Gasteiger partial charge in [0.25, 0.3) is 0 Å². The summed E-state index contributed by atoms with van der Waals surface area (Å²) in [6.45, 7) is 3.10. The van der Waals surface area contributed by atoms with E-state index in [-0.39, 0.29) is 23.9 Å². The summed E-state index contributed by atoms with van der Waals surface area (Å²) in [7, 11) is 0. The van der Waals surface area contributed by atoms with Gasteiger partial charge in [0.2, 0.25) is 5.91 Å². The second-order valence-corrected chi connectivity index (χ2v) is 8.89. The largest absolute Gasteiger partial charge is 0.376 e. The van der Waals surface area contributed by atoms with Crippen molar-refractivity contribution in [2.24, 2.45) is 0 Å². The smallest absolute Gasteiger partial charge is 0.219 e. The van der Waals surface area contributed by atoms with Crippen molar-refractivity contribution in [1.29, 1.82) is 0 Å². The summed E-state index contributed by atoms with van der Waals surface area (Å²) in [6.07, 6.45) is 8.69. The lowest BCUT2D eigenvalue weighted by molar-refractivity contribution is -0.136. The second-order valence-electron chi connectivity index (χ2n) is 8.02. The number of ether oxygens (including phenoxy) is 1. The molecule has 4 nitrogen and oxygen atoms in total. The number of hydrogen-bond donors (Lipinski definition) is 1. The summed E-state index contributed by atoms with van der Waals surface area (Å²) >= 11 is 1.77. The molecule has 1 amide bonds. The number of carbonyl (C=O) groups excluding carboxylic acids is 1. The summed E-state index contributed by atoms with van der Waals surface area (Å²) in [4.78, 5) is 14.1. The normalized spacial score (nSPS) is 28.3. The molecule has 1 N–H and O–H groups in total. The van der Waals surface area contributed by atoms with Crippen molar-refractivity contribution in [3.63, 3.8) is 0 Å². The van der Waals surface area contributed by atoms with E-state index in [1.165, 1.54) is 5.56 Å². The Morgan fingerprint density at radius 2 is 1.93 bits per heavy atom. The average molecular weight is 409 g/mol. The summed E-state index contributed by atoms with van der Waals surface area (Å²) in [6, 6.07) is 7.36. The van der Waals surface area contributed by atoms with E-state index in [9.17, 15) is 9.18 Å². The number of likely N-dealkylation sites (tertiary alicyclic amines) is 1. The Hall–Kier alpha value is -1.11. The maximum Gasteiger partial charge on any atom is 0.219 e. The quantitative estimate of drug-likeness (QED) is 0.688. The first kappa shape index (κ1) is 21.6. The molecule has 0 radical (unpaired) electrons. The van der Waals surface area contributed by atoms with Crippen molar-refractivity contribution in [3.8, 4) is 0 Å². The fourth-order valence-corrected chi connectivity index (χ4v) is 5.00. The van der Waals surface area contributed by atoms with Crippen LogP contribution in [0.1, 0.15) is 56.9 Å². The Labute approximate surface area is 172 Å². The van der Waals surface area contributed by atoms with Gasteiger partial charge in [-0.1, -0.05) is 12.1 Å². The molecule has 6 heteroatoms. The van der Waals surface area contributed by atoms with Gasteiger partial charge in [-0.2, -0.15) is 0 Å². The van der Waals surface area contributed by atoms with Crippen LogP contribution in [0, 0.1) is 5.82 Å². The van der Waals surface area contributed by atoms with Crippen molar-refractivity contribution < 1.29 is 13.9 Å². The van der Waals surface area contributed by atoms with E-state index in [0.29, 0.717) is 18.6 Å². The first-order valence-electron chi connectivity index (χ1n) is 10.4. The molecule has 1 heterocycles. The van der Waals surface area contributed by atoms with Gasteiger partial charge in [0.15, 0.2) is 0 Å². The van der Waals surface area contributed by atoms with E-state index in [2.05, 4.69) is 11.6 Å². The highest BCUT2D eigenvalue weighted by Gasteiger charge is 2.34. The second kappa shape index (κ2) is 10.6. The molecule has 0 bridgehead atoms. The Morgan fingerprint density at radius 1 is 1.21 bits per heavy atom. The summed E-state index contributed by atoms with van der Waals surface area (Å²) < 4.78 is 19.5. The SMILES string of the molecule is CSCN[C@H]1CCCN(C(C)=O)[C@H]1CO[C@H]1CC[C@@H](c2ccc(F)cc2)CC1. The predicted octanol–water partition coefficient (Wildman–Crippen LogP) is 4.16. The maximum atomic E-state index is 13.1. The molecule has 2 atom stereocenters. The van der Waals surface area contributed by atoms with Crippen molar-refractivity contribution in [2.45, 2.75) is 69.6 Å². The van der Waals surface area contributed by atoms with Gasteiger partial charge >= 0.3 is 0 Å². The van der Waals surface area contributed by atoms with E-state index in [4.69, 9.17) is 4.74 Å². The highest BCUT2D eigenvalue weighted by atomic mass is 32.2. The number of nitrogens with one attached hydrogen (secondary N) is 1. The van der Waals surface area contributed by atoms with E-state index in [1.54, 1.807) is 30.8 Å². The third-order valence-corrected chi connectivity index (χ3v) is 6.65. The number of benzene rings is 1. The van der Waals surface area contributed by atoms with Crippen LogP contribution in [-0.2, 0) is 9.53 Å². The molecule has 2 fully saturated rings. The van der Waals surface area contributed by atoms with Crippen LogP contribution in [0.5, 0.6) is 0 Å². The maximum absolute atomic E-state index is 13.1. The fraction of sp³-hybridized carbons (Fsp3) is 0.682. The monoisotopic (exact) mass is 408 g/mol. The van der Waals surface area contributed by atoms with Crippen LogP contribution >= 0.6 is 11.8 Å². The number of carbonyl (C=O) groups is 1. The van der Waals surface area contributed by atoms with Crippen molar-refractivity contribution >= 4 is 17.7 Å². The molecule has 3 rings (SSSR count). The Balaban J connectivity index is 1.51. The molecule has 28 heavy (non-hydrogen) atoms. The van der Waals surface area contributed by atoms with E-state index >= 15 is 0 Å². The number of thioether (sulfide) groups is 1. The molecule has 0 unspecified atom stereocenters. The van der Waals surface area contributed by atoms with Gasteiger partial charge in [-0.3, -0.25) is 4.79 Å². The lowest BCUT2D eigenvalue weighted by atomic mass is 9.82. The van der Waals surface area contributed by atoms with Crippen LogP contribution in [0.4, 0.5) is 4.39 Å². The minimum absolute atomic E-state index is 0.119. The van der Waals surface area contributed by atoms with Crippen LogP contribution in [0.2, 0.25) is 0 Å². The Morgan fingerprint density at radius 3 is 2.57 bits per heavy atom. The van der Waals surface area contributed by atoms with E-state index in [1.807, 2.05) is 17.0 Å². The highest BCUT2D eigenvalue weighted by molar-refractivity contribution is 7.98. The first-order valence-corrected chi connectivity index (χ1v) is 11.8. The number of nitrogens with zero attached hydrogens (tertiary/aromatic N) is 1. The number of halogens is 1. The Kier molecular flexibility index (Phi) is 8.18. The summed E-state index contributed by atoms with van der Waals surface area (Å²) in [5.74, 6) is 1.37. The molecular formula is C22H33FN2O2S. The van der Waals surface area contributed by atoms with Crippen molar-refractivity contribution in [1.82, 2.24) is 10.2 Å². The molecule has 1 aliphatic heterocycles.